The Morgan fingerprint density at radius 2 is 1.96 bits per heavy atom. The molecule has 6 nitrogen and oxygen atoms in total. The molecular formula is C20H23N3O3. The third-order valence-corrected chi connectivity index (χ3v) is 4.85. The van der Waals surface area contributed by atoms with Crippen molar-refractivity contribution >= 4 is 17.3 Å². The van der Waals surface area contributed by atoms with Crippen molar-refractivity contribution in [2.45, 2.75) is 45.7 Å². The van der Waals surface area contributed by atoms with Gasteiger partial charge >= 0.3 is 0 Å². The molecule has 1 unspecified atom stereocenters. The molecule has 0 saturated heterocycles. The maximum absolute atomic E-state index is 12.2. The number of anilines is 1. The molecule has 0 aromatic heterocycles. The lowest BCUT2D eigenvalue weighted by Crippen LogP contribution is -2.25. The highest BCUT2D eigenvalue weighted by Gasteiger charge is 2.25. The number of nitro groups is 1. The van der Waals surface area contributed by atoms with Crippen molar-refractivity contribution < 1.29 is 9.72 Å². The number of nitrogens with one attached hydrogen (secondary N) is 2. The Hall–Kier alpha value is -2.89. The summed E-state index contributed by atoms with van der Waals surface area (Å²) >= 11 is 0. The van der Waals surface area contributed by atoms with Gasteiger partial charge in [-0.25, -0.2) is 0 Å². The van der Waals surface area contributed by atoms with Gasteiger partial charge in [-0.15, -0.1) is 0 Å². The Morgan fingerprint density at radius 3 is 2.62 bits per heavy atom. The van der Waals surface area contributed by atoms with Crippen molar-refractivity contribution in [1.82, 2.24) is 5.32 Å². The van der Waals surface area contributed by atoms with Crippen LogP contribution in [0.15, 0.2) is 36.4 Å². The molecule has 1 amide bonds. The van der Waals surface area contributed by atoms with E-state index >= 15 is 0 Å². The molecule has 0 bridgehead atoms. The lowest BCUT2D eigenvalue weighted by molar-refractivity contribution is -0.384. The predicted octanol–water partition coefficient (Wildman–Crippen LogP) is 4.28. The van der Waals surface area contributed by atoms with Crippen molar-refractivity contribution in [2.75, 3.05) is 5.32 Å². The van der Waals surface area contributed by atoms with Gasteiger partial charge in [-0.1, -0.05) is 18.2 Å². The average Bonchev–Trinajstić information content (AvgIpc) is 3.41. The van der Waals surface area contributed by atoms with Crippen molar-refractivity contribution in [1.29, 1.82) is 0 Å². The Bertz CT molecular complexity index is 859. The largest absolute Gasteiger partial charge is 0.373 e. The van der Waals surface area contributed by atoms with Gasteiger partial charge in [0.2, 0.25) is 0 Å². The first-order chi connectivity index (χ1) is 12.4. The van der Waals surface area contributed by atoms with Crippen LogP contribution in [0.5, 0.6) is 0 Å². The SMILES string of the molecule is Cc1cccc(C(C)Nc2ccc(C(=O)NC3CC3)cc2[N+](=O)[O-])c1C. The zero-order chi connectivity index (χ0) is 18.8. The van der Waals surface area contributed by atoms with Crippen LogP contribution in [-0.4, -0.2) is 16.9 Å². The zero-order valence-electron chi connectivity index (χ0n) is 15.2. The smallest absolute Gasteiger partial charge is 0.293 e. The van der Waals surface area contributed by atoms with Gasteiger partial charge in [-0.2, -0.15) is 0 Å². The quantitative estimate of drug-likeness (QED) is 0.600. The van der Waals surface area contributed by atoms with E-state index in [2.05, 4.69) is 10.6 Å². The first-order valence-electron chi connectivity index (χ1n) is 8.78. The average molecular weight is 353 g/mol. The van der Waals surface area contributed by atoms with Gasteiger partial charge < -0.3 is 10.6 Å². The molecule has 0 heterocycles. The van der Waals surface area contributed by atoms with Crippen LogP contribution in [0.25, 0.3) is 0 Å². The number of carbonyl (C=O) groups excluding carboxylic acids is 1. The van der Waals surface area contributed by atoms with Gasteiger partial charge in [0, 0.05) is 23.7 Å². The first kappa shape index (κ1) is 17.9. The summed E-state index contributed by atoms with van der Waals surface area (Å²) in [5.74, 6) is -0.260. The number of hydrogen-bond acceptors (Lipinski definition) is 4. The topological polar surface area (TPSA) is 84.3 Å². The van der Waals surface area contributed by atoms with Crippen LogP contribution >= 0.6 is 0 Å². The van der Waals surface area contributed by atoms with Gasteiger partial charge in [-0.05, 0) is 62.4 Å². The monoisotopic (exact) mass is 353 g/mol. The maximum Gasteiger partial charge on any atom is 0.293 e. The summed E-state index contributed by atoms with van der Waals surface area (Å²) in [6, 6.07) is 10.7. The molecule has 1 saturated carbocycles. The molecule has 0 radical (unpaired) electrons. The maximum atomic E-state index is 12.2. The van der Waals surface area contributed by atoms with Crippen LogP contribution in [0.2, 0.25) is 0 Å². The summed E-state index contributed by atoms with van der Waals surface area (Å²) in [7, 11) is 0. The summed E-state index contributed by atoms with van der Waals surface area (Å²) in [6.45, 7) is 6.06. The van der Waals surface area contributed by atoms with E-state index in [0.29, 0.717) is 11.3 Å². The van der Waals surface area contributed by atoms with Crippen LogP contribution in [0.4, 0.5) is 11.4 Å². The number of nitro benzene ring substituents is 1. The number of nitrogens with zero attached hydrogens (tertiary/aromatic N) is 1. The molecule has 26 heavy (non-hydrogen) atoms. The molecule has 0 aliphatic heterocycles. The molecule has 2 aromatic carbocycles. The Labute approximate surface area is 152 Å². The minimum atomic E-state index is -0.452. The second-order valence-corrected chi connectivity index (χ2v) is 6.89. The number of carbonyl (C=O) groups is 1. The lowest BCUT2D eigenvalue weighted by atomic mass is 9.98. The summed E-state index contributed by atoms with van der Waals surface area (Å²) in [5.41, 5.74) is 4.06. The molecule has 2 N–H and O–H groups in total. The number of amides is 1. The fraction of sp³-hybridized carbons (Fsp3) is 0.350. The van der Waals surface area contributed by atoms with E-state index in [9.17, 15) is 14.9 Å². The second kappa shape index (κ2) is 7.15. The first-order valence-corrected chi connectivity index (χ1v) is 8.78. The summed E-state index contributed by atoms with van der Waals surface area (Å²) < 4.78 is 0. The minimum Gasteiger partial charge on any atom is -0.373 e. The fourth-order valence-electron chi connectivity index (χ4n) is 3.00. The van der Waals surface area contributed by atoms with E-state index in [4.69, 9.17) is 0 Å². The Kier molecular flexibility index (Phi) is 4.93. The highest BCUT2D eigenvalue weighted by atomic mass is 16.6. The number of hydrogen-bond donors (Lipinski definition) is 2. The number of benzene rings is 2. The van der Waals surface area contributed by atoms with Crippen LogP contribution in [0.1, 0.15) is 52.9 Å². The predicted molar refractivity (Wildman–Crippen MR) is 102 cm³/mol. The normalized spacial score (nSPS) is 14.6. The van der Waals surface area contributed by atoms with E-state index in [-0.39, 0.29) is 23.7 Å². The molecule has 136 valence electrons. The molecule has 0 spiro atoms. The molecular weight excluding hydrogens is 330 g/mol. The van der Waals surface area contributed by atoms with Crippen LogP contribution < -0.4 is 10.6 Å². The number of aryl methyl sites for hydroxylation is 1. The Balaban J connectivity index is 1.85. The fourth-order valence-corrected chi connectivity index (χ4v) is 3.00. The van der Waals surface area contributed by atoms with Crippen molar-refractivity contribution in [3.05, 3.63) is 68.8 Å². The molecule has 1 fully saturated rings. The third kappa shape index (κ3) is 3.85. The summed E-state index contributed by atoms with van der Waals surface area (Å²) in [5, 5.41) is 17.6. The van der Waals surface area contributed by atoms with Gasteiger partial charge in [0.25, 0.3) is 11.6 Å². The van der Waals surface area contributed by atoms with E-state index < -0.39 is 4.92 Å². The van der Waals surface area contributed by atoms with Crippen molar-refractivity contribution in [2.24, 2.45) is 0 Å². The molecule has 1 aliphatic carbocycles. The third-order valence-electron chi connectivity index (χ3n) is 4.85. The van der Waals surface area contributed by atoms with Gasteiger partial charge in [0.1, 0.15) is 5.69 Å². The number of rotatable bonds is 6. The molecule has 3 rings (SSSR count). The second-order valence-electron chi connectivity index (χ2n) is 6.89. The van der Waals surface area contributed by atoms with Crippen molar-refractivity contribution in [3.63, 3.8) is 0 Å². The lowest BCUT2D eigenvalue weighted by Gasteiger charge is -2.19. The van der Waals surface area contributed by atoms with Crippen LogP contribution in [0.3, 0.4) is 0 Å². The van der Waals surface area contributed by atoms with Crippen molar-refractivity contribution in [3.8, 4) is 0 Å². The summed E-state index contributed by atoms with van der Waals surface area (Å²) in [4.78, 5) is 23.2. The standard InChI is InChI=1S/C20H23N3O3/c1-12-5-4-6-17(13(12)2)14(3)21-18-10-7-15(11-19(18)23(25)26)20(24)22-16-8-9-16/h4-7,10-11,14,16,21H,8-9H2,1-3H3,(H,22,24). The van der Waals surface area contributed by atoms with Gasteiger partial charge in [0.15, 0.2) is 0 Å². The van der Waals surface area contributed by atoms with E-state index in [1.807, 2.05) is 39.0 Å². The van der Waals surface area contributed by atoms with E-state index in [1.54, 1.807) is 12.1 Å². The molecule has 6 heteroatoms. The Morgan fingerprint density at radius 1 is 1.23 bits per heavy atom. The highest BCUT2D eigenvalue weighted by molar-refractivity contribution is 5.96. The van der Waals surface area contributed by atoms with E-state index in [0.717, 1.165) is 24.0 Å². The van der Waals surface area contributed by atoms with Gasteiger partial charge in [0.05, 0.1) is 4.92 Å². The molecule has 1 aliphatic rings. The van der Waals surface area contributed by atoms with Crippen LogP contribution in [0, 0.1) is 24.0 Å². The molecule has 2 aromatic rings. The highest BCUT2D eigenvalue weighted by Crippen LogP contribution is 2.31. The van der Waals surface area contributed by atoms with E-state index in [1.165, 1.54) is 11.6 Å². The van der Waals surface area contributed by atoms with Crippen LogP contribution in [-0.2, 0) is 0 Å². The summed E-state index contributed by atoms with van der Waals surface area (Å²) in [6.07, 6.45) is 1.95. The molecule has 1 atom stereocenters. The van der Waals surface area contributed by atoms with Gasteiger partial charge in [-0.3, -0.25) is 14.9 Å². The zero-order valence-corrected chi connectivity index (χ0v) is 15.2. The minimum absolute atomic E-state index is 0.0920.